The van der Waals surface area contributed by atoms with Gasteiger partial charge < -0.3 is 15.3 Å². The number of hydrogen-bond donors (Lipinski definition) is 3. The summed E-state index contributed by atoms with van der Waals surface area (Å²) in [5, 5.41) is 27.9. The number of hydrogen-bond acceptors (Lipinski definition) is 3. The van der Waals surface area contributed by atoms with Crippen molar-refractivity contribution in [3.05, 3.63) is 72.9 Å². The first-order valence-electron chi connectivity index (χ1n) is 9.12. The number of allylic oxidation sites excluding steroid dienone is 8. The third-order valence-electron chi connectivity index (χ3n) is 3.28. The third kappa shape index (κ3) is 18.2. The Labute approximate surface area is 157 Å². The average Bonchev–Trinajstić information content (AvgIpc) is 2.60. The van der Waals surface area contributed by atoms with Crippen LogP contribution in [0.5, 0.6) is 0 Å². The van der Waals surface area contributed by atoms with Crippen LogP contribution in [-0.4, -0.2) is 33.5 Å². The second-order valence-corrected chi connectivity index (χ2v) is 5.75. The fourth-order valence-electron chi connectivity index (χ4n) is 1.92. The van der Waals surface area contributed by atoms with Crippen LogP contribution in [0.15, 0.2) is 72.9 Å². The maximum absolute atomic E-state index is 10.3. The Morgan fingerprint density at radius 3 is 2.23 bits per heavy atom. The maximum atomic E-state index is 10.3. The first kappa shape index (κ1) is 23.8. The molecule has 26 heavy (non-hydrogen) atoms. The normalized spacial score (nSPS) is 15.5. The van der Waals surface area contributed by atoms with Crippen LogP contribution in [0.4, 0.5) is 0 Å². The first-order chi connectivity index (χ1) is 12.6. The smallest absolute Gasteiger partial charge is 0.303 e. The Bertz CT molecular complexity index is 524. The molecular formula is C22H32O4. The number of unbranched alkanes of at least 4 members (excludes halogenated alkanes) is 1. The van der Waals surface area contributed by atoms with Gasteiger partial charge in [0.25, 0.3) is 0 Å². The lowest BCUT2D eigenvalue weighted by Gasteiger charge is -1.98. The van der Waals surface area contributed by atoms with Crippen LogP contribution in [-0.2, 0) is 4.79 Å². The molecule has 0 saturated carbocycles. The Kier molecular flexibility index (Phi) is 16.2. The Morgan fingerprint density at radius 1 is 0.885 bits per heavy atom. The minimum Gasteiger partial charge on any atom is -0.481 e. The third-order valence-corrected chi connectivity index (χ3v) is 3.28. The molecule has 0 spiro atoms. The van der Waals surface area contributed by atoms with Crippen LogP contribution < -0.4 is 0 Å². The Balaban J connectivity index is 3.87. The molecule has 4 heteroatoms. The molecule has 0 aromatic heterocycles. The minimum absolute atomic E-state index is 0.149. The highest BCUT2D eigenvalue weighted by Gasteiger charge is 1.94. The monoisotopic (exact) mass is 360 g/mol. The topological polar surface area (TPSA) is 77.8 Å². The molecular weight excluding hydrogens is 328 g/mol. The molecule has 0 fully saturated rings. The minimum atomic E-state index is -0.797. The van der Waals surface area contributed by atoms with Gasteiger partial charge in [-0.05, 0) is 32.1 Å². The van der Waals surface area contributed by atoms with E-state index >= 15 is 0 Å². The van der Waals surface area contributed by atoms with E-state index in [0.717, 1.165) is 12.8 Å². The van der Waals surface area contributed by atoms with Crippen molar-refractivity contribution in [1.29, 1.82) is 0 Å². The quantitative estimate of drug-likeness (QED) is 0.242. The van der Waals surface area contributed by atoms with Crippen LogP contribution in [0, 0.1) is 0 Å². The van der Waals surface area contributed by atoms with E-state index in [1.807, 2.05) is 42.5 Å². The number of carboxylic acids is 1. The lowest BCUT2D eigenvalue weighted by molar-refractivity contribution is -0.137. The van der Waals surface area contributed by atoms with Crippen molar-refractivity contribution >= 4 is 5.97 Å². The van der Waals surface area contributed by atoms with E-state index in [0.29, 0.717) is 19.3 Å². The van der Waals surface area contributed by atoms with E-state index in [9.17, 15) is 15.0 Å². The van der Waals surface area contributed by atoms with Crippen LogP contribution in [0.25, 0.3) is 0 Å². The fourth-order valence-corrected chi connectivity index (χ4v) is 1.92. The lowest BCUT2D eigenvalue weighted by atomic mass is 10.2. The molecule has 0 bridgehead atoms. The highest BCUT2D eigenvalue weighted by Crippen LogP contribution is 1.99. The van der Waals surface area contributed by atoms with Gasteiger partial charge in [-0.15, -0.1) is 0 Å². The zero-order valence-corrected chi connectivity index (χ0v) is 15.6. The second kappa shape index (κ2) is 17.6. The Hall–Kier alpha value is -2.17. The van der Waals surface area contributed by atoms with Crippen molar-refractivity contribution in [1.82, 2.24) is 0 Å². The molecule has 0 aliphatic heterocycles. The summed E-state index contributed by atoms with van der Waals surface area (Å²) in [6.07, 6.45) is 24.9. The Morgan fingerprint density at radius 2 is 1.58 bits per heavy atom. The summed E-state index contributed by atoms with van der Waals surface area (Å²) in [7, 11) is 0. The van der Waals surface area contributed by atoms with Crippen molar-refractivity contribution in [3.8, 4) is 0 Å². The van der Waals surface area contributed by atoms with E-state index in [4.69, 9.17) is 5.11 Å². The van der Waals surface area contributed by atoms with E-state index in [-0.39, 0.29) is 6.42 Å². The molecule has 0 aliphatic rings. The number of carboxylic acid groups (broad SMARTS) is 1. The molecule has 0 rings (SSSR count). The number of rotatable bonds is 14. The molecule has 0 saturated heterocycles. The lowest BCUT2D eigenvalue weighted by Crippen LogP contribution is -1.98. The van der Waals surface area contributed by atoms with Gasteiger partial charge in [-0.25, -0.2) is 0 Å². The average molecular weight is 360 g/mol. The molecule has 0 aromatic rings. The molecule has 0 aromatic carbocycles. The number of aliphatic hydroxyl groups excluding tert-OH is 2. The summed E-state index contributed by atoms with van der Waals surface area (Å²) in [6.45, 7) is 2.06. The summed E-state index contributed by atoms with van der Waals surface area (Å²) < 4.78 is 0. The van der Waals surface area contributed by atoms with Gasteiger partial charge in [-0.3, -0.25) is 4.79 Å². The van der Waals surface area contributed by atoms with Gasteiger partial charge in [-0.2, -0.15) is 0 Å². The highest BCUT2D eigenvalue weighted by atomic mass is 16.4. The number of aliphatic carboxylic acids is 1. The van der Waals surface area contributed by atoms with E-state index in [2.05, 4.69) is 6.92 Å². The van der Waals surface area contributed by atoms with E-state index < -0.39 is 18.2 Å². The van der Waals surface area contributed by atoms with Crippen molar-refractivity contribution < 1.29 is 20.1 Å². The second-order valence-electron chi connectivity index (χ2n) is 5.75. The largest absolute Gasteiger partial charge is 0.481 e. The van der Waals surface area contributed by atoms with Gasteiger partial charge in [0.15, 0.2) is 0 Å². The molecule has 0 radical (unpaired) electrons. The number of aliphatic hydroxyl groups is 2. The summed E-state index contributed by atoms with van der Waals surface area (Å²) in [6, 6.07) is 0. The number of carbonyl (C=O) groups is 1. The predicted octanol–water partition coefficient (Wildman–Crippen LogP) is 4.49. The standard InChI is InChI=1S/C22H32O4/c1-2-3-10-15-20(23)16-11-7-5-4-6-8-12-17-21(24)18-13-9-14-19-22(25)26/h3,5-8,10-13,16-18,20-21,23-24H,2,4,9,14-15,19H2,1H3,(H,25,26). The summed E-state index contributed by atoms with van der Waals surface area (Å²) in [5.74, 6) is -0.797. The zero-order valence-electron chi connectivity index (χ0n) is 15.6. The van der Waals surface area contributed by atoms with Crippen molar-refractivity contribution in [2.45, 2.75) is 57.7 Å². The molecule has 144 valence electrons. The van der Waals surface area contributed by atoms with Crippen LogP contribution >= 0.6 is 0 Å². The van der Waals surface area contributed by atoms with Crippen molar-refractivity contribution in [3.63, 3.8) is 0 Å². The maximum Gasteiger partial charge on any atom is 0.303 e. The SMILES string of the molecule is CCC=CCC(O)C=CC=CCC=CC=CC(O)C=CCCCC(=O)O. The van der Waals surface area contributed by atoms with Crippen molar-refractivity contribution in [2.75, 3.05) is 0 Å². The molecule has 3 N–H and O–H groups in total. The fraction of sp³-hybridized carbons (Fsp3) is 0.409. The summed E-state index contributed by atoms with van der Waals surface area (Å²) in [4.78, 5) is 10.3. The van der Waals surface area contributed by atoms with Gasteiger partial charge >= 0.3 is 5.97 Å². The molecule has 0 aliphatic carbocycles. The van der Waals surface area contributed by atoms with Gasteiger partial charge in [0, 0.05) is 6.42 Å². The molecule has 0 heterocycles. The molecule has 4 nitrogen and oxygen atoms in total. The first-order valence-corrected chi connectivity index (χ1v) is 9.12. The van der Waals surface area contributed by atoms with Gasteiger partial charge in [0.2, 0.25) is 0 Å². The van der Waals surface area contributed by atoms with Crippen LogP contribution in [0.2, 0.25) is 0 Å². The summed E-state index contributed by atoms with van der Waals surface area (Å²) >= 11 is 0. The summed E-state index contributed by atoms with van der Waals surface area (Å²) in [5.41, 5.74) is 0. The predicted molar refractivity (Wildman–Crippen MR) is 108 cm³/mol. The van der Waals surface area contributed by atoms with E-state index in [1.54, 1.807) is 30.4 Å². The van der Waals surface area contributed by atoms with Gasteiger partial charge in [-0.1, -0.05) is 79.8 Å². The van der Waals surface area contributed by atoms with Crippen LogP contribution in [0.3, 0.4) is 0 Å². The van der Waals surface area contributed by atoms with Gasteiger partial charge in [0.05, 0.1) is 12.2 Å². The molecule has 2 atom stereocenters. The van der Waals surface area contributed by atoms with Crippen molar-refractivity contribution in [2.24, 2.45) is 0 Å². The van der Waals surface area contributed by atoms with Gasteiger partial charge in [0.1, 0.15) is 0 Å². The zero-order chi connectivity index (χ0) is 19.5. The molecule has 0 amide bonds. The molecule has 2 unspecified atom stereocenters. The van der Waals surface area contributed by atoms with E-state index in [1.165, 1.54) is 0 Å². The van der Waals surface area contributed by atoms with Crippen LogP contribution in [0.1, 0.15) is 45.4 Å². The highest BCUT2D eigenvalue weighted by molar-refractivity contribution is 5.66.